The van der Waals surface area contributed by atoms with Crippen LogP contribution in [-0.2, 0) is 21.2 Å². The molecule has 26 heavy (non-hydrogen) atoms. The van der Waals surface area contributed by atoms with Crippen LogP contribution in [0, 0.1) is 5.82 Å². The number of amides is 1. The Hall–Kier alpha value is -2.45. The maximum Gasteiger partial charge on any atom is 0.264 e. The fourth-order valence-electron chi connectivity index (χ4n) is 2.95. The second-order valence-electron chi connectivity index (χ2n) is 6.31. The van der Waals surface area contributed by atoms with Gasteiger partial charge in [0.05, 0.1) is 10.9 Å². The first-order chi connectivity index (χ1) is 12.2. The van der Waals surface area contributed by atoms with Gasteiger partial charge >= 0.3 is 0 Å². The van der Waals surface area contributed by atoms with Crippen LogP contribution in [0.25, 0.3) is 0 Å². The van der Waals surface area contributed by atoms with Crippen molar-refractivity contribution in [2.24, 2.45) is 5.14 Å². The van der Waals surface area contributed by atoms with Gasteiger partial charge in [0.15, 0.2) is 6.10 Å². The highest BCUT2D eigenvalue weighted by atomic mass is 32.2. The predicted molar refractivity (Wildman–Crippen MR) is 93.5 cm³/mol. The van der Waals surface area contributed by atoms with Crippen molar-refractivity contribution in [2.45, 2.75) is 30.4 Å². The molecule has 2 atom stereocenters. The van der Waals surface area contributed by atoms with Gasteiger partial charge in [0.1, 0.15) is 11.6 Å². The van der Waals surface area contributed by atoms with Crippen LogP contribution in [0.4, 0.5) is 4.39 Å². The molecule has 0 radical (unpaired) electrons. The van der Waals surface area contributed by atoms with Crippen LogP contribution < -0.4 is 9.88 Å². The summed E-state index contributed by atoms with van der Waals surface area (Å²) in [5, 5.41) is 5.16. The van der Waals surface area contributed by atoms with E-state index >= 15 is 0 Å². The number of carbonyl (C=O) groups is 1. The van der Waals surface area contributed by atoms with Crippen LogP contribution >= 0.6 is 0 Å². The molecule has 8 heteroatoms. The Balaban J connectivity index is 1.77. The van der Waals surface area contributed by atoms with E-state index in [1.165, 1.54) is 35.2 Å². The summed E-state index contributed by atoms with van der Waals surface area (Å²) in [5.74, 6) is -0.140. The monoisotopic (exact) mass is 378 g/mol. The minimum Gasteiger partial charge on any atom is -0.480 e. The van der Waals surface area contributed by atoms with E-state index in [-0.39, 0.29) is 16.6 Å². The molecule has 3 rings (SSSR count). The van der Waals surface area contributed by atoms with Gasteiger partial charge in [0.2, 0.25) is 10.0 Å². The van der Waals surface area contributed by atoms with Crippen LogP contribution in [0.3, 0.4) is 0 Å². The largest absolute Gasteiger partial charge is 0.480 e. The Kier molecular flexibility index (Phi) is 4.72. The summed E-state index contributed by atoms with van der Waals surface area (Å²) >= 11 is 0. The molecule has 1 aliphatic heterocycles. The van der Waals surface area contributed by atoms with Gasteiger partial charge in [-0.3, -0.25) is 4.79 Å². The maximum atomic E-state index is 13.3. The van der Waals surface area contributed by atoms with Gasteiger partial charge in [-0.25, -0.2) is 17.9 Å². The summed E-state index contributed by atoms with van der Waals surface area (Å²) in [7, 11) is -2.21. The molecular weight excluding hydrogens is 359 g/mol. The van der Waals surface area contributed by atoms with E-state index < -0.39 is 22.2 Å². The van der Waals surface area contributed by atoms with Crippen LogP contribution in [0.1, 0.15) is 24.1 Å². The topological polar surface area (TPSA) is 89.7 Å². The van der Waals surface area contributed by atoms with Crippen LogP contribution in [0.15, 0.2) is 47.4 Å². The number of hydrogen-bond acceptors (Lipinski definition) is 4. The molecule has 1 amide bonds. The Morgan fingerprint density at radius 1 is 1.31 bits per heavy atom. The molecule has 6 nitrogen and oxygen atoms in total. The molecule has 2 unspecified atom stereocenters. The number of rotatable bonds is 4. The van der Waals surface area contributed by atoms with Crippen molar-refractivity contribution in [3.8, 4) is 5.75 Å². The number of nitrogens with two attached hydrogens (primary N) is 1. The van der Waals surface area contributed by atoms with Gasteiger partial charge < -0.3 is 9.64 Å². The summed E-state index contributed by atoms with van der Waals surface area (Å²) in [6.07, 6.45) is -0.444. The van der Waals surface area contributed by atoms with Gasteiger partial charge in [-0.05, 0) is 42.8 Å². The predicted octanol–water partition coefficient (Wildman–Crippen LogP) is 2.00. The highest BCUT2D eigenvalue weighted by molar-refractivity contribution is 7.89. The van der Waals surface area contributed by atoms with E-state index in [9.17, 15) is 17.6 Å². The number of fused-ring (bicyclic) bond motifs is 1. The van der Waals surface area contributed by atoms with Crippen molar-refractivity contribution in [3.05, 3.63) is 59.4 Å². The molecule has 0 saturated carbocycles. The van der Waals surface area contributed by atoms with E-state index in [0.717, 1.165) is 0 Å². The third-order valence-electron chi connectivity index (χ3n) is 4.57. The van der Waals surface area contributed by atoms with E-state index in [0.29, 0.717) is 23.3 Å². The molecule has 0 bridgehead atoms. The van der Waals surface area contributed by atoms with Gasteiger partial charge in [-0.15, -0.1) is 0 Å². The number of primary sulfonamides is 1. The molecule has 1 aliphatic rings. The number of sulfonamides is 1. The first-order valence-electron chi connectivity index (χ1n) is 8.01. The lowest BCUT2D eigenvalue weighted by Gasteiger charge is -2.27. The lowest BCUT2D eigenvalue weighted by Crippen LogP contribution is -2.40. The lowest BCUT2D eigenvalue weighted by molar-refractivity contribution is -0.138. The molecule has 2 aromatic rings. The van der Waals surface area contributed by atoms with Crippen molar-refractivity contribution in [3.63, 3.8) is 0 Å². The van der Waals surface area contributed by atoms with Crippen molar-refractivity contribution in [1.29, 1.82) is 0 Å². The molecule has 0 spiro atoms. The van der Waals surface area contributed by atoms with E-state index in [1.54, 1.807) is 26.1 Å². The zero-order valence-corrected chi connectivity index (χ0v) is 15.2. The standard InChI is InChI=1S/C18H19FN2O4S/c1-11(12-4-3-5-15(9-12)26(20,23)24)21(2)18(22)17-10-13-8-14(19)6-7-16(13)25-17/h3-9,11,17H,10H2,1-2H3,(H2,20,23,24). The lowest BCUT2D eigenvalue weighted by atomic mass is 10.1. The summed E-state index contributed by atoms with van der Waals surface area (Å²) < 4.78 is 42.0. The Morgan fingerprint density at radius 3 is 2.73 bits per heavy atom. The maximum absolute atomic E-state index is 13.3. The normalized spacial score (nSPS) is 17.3. The SMILES string of the molecule is CC(c1cccc(S(N)(=O)=O)c1)N(C)C(=O)C1Cc2cc(F)ccc2O1. The molecule has 2 N–H and O–H groups in total. The van der Waals surface area contributed by atoms with E-state index in [1.807, 2.05) is 0 Å². The fraction of sp³-hybridized carbons (Fsp3) is 0.278. The molecule has 1 heterocycles. The summed E-state index contributed by atoms with van der Waals surface area (Å²) in [5.41, 5.74) is 1.29. The zero-order valence-electron chi connectivity index (χ0n) is 14.3. The smallest absolute Gasteiger partial charge is 0.264 e. The Bertz CT molecular complexity index is 961. The van der Waals surface area contributed by atoms with Crippen molar-refractivity contribution in [2.75, 3.05) is 7.05 Å². The van der Waals surface area contributed by atoms with Crippen molar-refractivity contribution < 1.29 is 22.3 Å². The molecule has 0 fully saturated rings. The molecule has 0 saturated heterocycles. The Morgan fingerprint density at radius 2 is 2.04 bits per heavy atom. The zero-order chi connectivity index (χ0) is 19.1. The quantitative estimate of drug-likeness (QED) is 0.881. The third-order valence-corrected chi connectivity index (χ3v) is 5.48. The highest BCUT2D eigenvalue weighted by Gasteiger charge is 2.33. The van der Waals surface area contributed by atoms with Crippen LogP contribution in [0.2, 0.25) is 0 Å². The number of carbonyl (C=O) groups excluding carboxylic acids is 1. The molecule has 0 aliphatic carbocycles. The second kappa shape index (κ2) is 6.69. The minimum atomic E-state index is -3.82. The minimum absolute atomic E-state index is 0.0114. The summed E-state index contributed by atoms with van der Waals surface area (Å²) in [6.45, 7) is 1.78. The number of hydrogen-bond donors (Lipinski definition) is 1. The molecular formula is C18H19FN2O4S. The fourth-order valence-corrected chi connectivity index (χ4v) is 3.52. The van der Waals surface area contributed by atoms with Gasteiger partial charge in [0, 0.05) is 19.0 Å². The average Bonchev–Trinajstić information content (AvgIpc) is 3.02. The number of ether oxygens (including phenoxy) is 1. The third kappa shape index (κ3) is 3.56. The first-order valence-corrected chi connectivity index (χ1v) is 9.56. The molecule has 0 aromatic heterocycles. The summed E-state index contributed by atoms with van der Waals surface area (Å²) in [6, 6.07) is 9.92. The average molecular weight is 378 g/mol. The second-order valence-corrected chi connectivity index (χ2v) is 7.87. The number of likely N-dealkylation sites (N-methyl/N-ethyl adjacent to an activating group) is 1. The van der Waals surface area contributed by atoms with E-state index in [2.05, 4.69) is 0 Å². The van der Waals surface area contributed by atoms with Crippen molar-refractivity contribution in [1.82, 2.24) is 4.90 Å². The van der Waals surface area contributed by atoms with Crippen LogP contribution in [-0.4, -0.2) is 32.4 Å². The van der Waals surface area contributed by atoms with E-state index in [4.69, 9.17) is 9.88 Å². The number of benzene rings is 2. The Labute approximate surface area is 151 Å². The molecule has 138 valence electrons. The number of halogens is 1. The first kappa shape index (κ1) is 18.3. The van der Waals surface area contributed by atoms with Crippen LogP contribution in [0.5, 0.6) is 5.75 Å². The van der Waals surface area contributed by atoms with Crippen molar-refractivity contribution >= 4 is 15.9 Å². The summed E-state index contributed by atoms with van der Waals surface area (Å²) in [4.78, 5) is 14.2. The van der Waals surface area contributed by atoms with Gasteiger partial charge in [0.25, 0.3) is 5.91 Å². The van der Waals surface area contributed by atoms with Gasteiger partial charge in [-0.1, -0.05) is 12.1 Å². The van der Waals surface area contributed by atoms with Gasteiger partial charge in [-0.2, -0.15) is 0 Å². The highest BCUT2D eigenvalue weighted by Crippen LogP contribution is 2.31. The number of nitrogens with zero attached hydrogens (tertiary/aromatic N) is 1. The molecule has 2 aromatic carbocycles.